The topological polar surface area (TPSA) is 63.6 Å². The third-order valence-electron chi connectivity index (χ3n) is 3.04. The van der Waals surface area contributed by atoms with Crippen molar-refractivity contribution >= 4 is 23.3 Å². The zero-order chi connectivity index (χ0) is 13.4. The minimum absolute atomic E-state index is 0.299. The largest absolute Gasteiger partial charge is 0.477 e. The molecule has 1 aliphatic rings. The van der Waals surface area contributed by atoms with E-state index in [9.17, 15) is 9.59 Å². The highest BCUT2D eigenvalue weighted by molar-refractivity contribution is 7.13. The van der Waals surface area contributed by atoms with Crippen molar-refractivity contribution in [1.82, 2.24) is 0 Å². The van der Waals surface area contributed by atoms with Crippen LogP contribution in [0, 0.1) is 0 Å². The van der Waals surface area contributed by atoms with Gasteiger partial charge in [-0.1, -0.05) is 18.2 Å². The second-order valence-corrected chi connectivity index (χ2v) is 5.42. The van der Waals surface area contributed by atoms with Crippen LogP contribution >= 0.6 is 11.3 Å². The lowest BCUT2D eigenvalue weighted by Crippen LogP contribution is -2.01. The first-order valence-electron chi connectivity index (χ1n) is 5.77. The quantitative estimate of drug-likeness (QED) is 0.874. The number of benzene rings is 1. The van der Waals surface area contributed by atoms with Gasteiger partial charge in [-0.25, -0.2) is 9.59 Å². The van der Waals surface area contributed by atoms with Crippen molar-refractivity contribution in [3.05, 3.63) is 57.3 Å². The van der Waals surface area contributed by atoms with Crippen LogP contribution in [0.5, 0.6) is 0 Å². The Hall–Kier alpha value is -2.14. The van der Waals surface area contributed by atoms with Crippen molar-refractivity contribution in [2.75, 3.05) is 0 Å². The van der Waals surface area contributed by atoms with Gasteiger partial charge in [-0.15, -0.1) is 11.3 Å². The van der Waals surface area contributed by atoms with Gasteiger partial charge in [-0.2, -0.15) is 0 Å². The van der Waals surface area contributed by atoms with Gasteiger partial charge in [-0.05, 0) is 18.2 Å². The van der Waals surface area contributed by atoms with Gasteiger partial charge in [0.15, 0.2) is 0 Å². The molecule has 0 aliphatic carbocycles. The molecule has 0 spiro atoms. The number of fused-ring (bicyclic) bond motifs is 1. The monoisotopic (exact) mass is 274 g/mol. The summed E-state index contributed by atoms with van der Waals surface area (Å²) < 4.78 is 5.33. The summed E-state index contributed by atoms with van der Waals surface area (Å²) in [6.07, 6.45) is 0.199. The standard InChI is InChI=1S/C14H10O4S/c15-13(16)12-6-5-8(19-12)7-11-9-3-1-2-4-10(9)14(17)18-11/h1-6,11H,7H2,(H,15,16). The van der Waals surface area contributed by atoms with Crippen molar-refractivity contribution in [2.45, 2.75) is 12.5 Å². The molecule has 2 aromatic rings. The highest BCUT2D eigenvalue weighted by Gasteiger charge is 2.30. The summed E-state index contributed by atoms with van der Waals surface area (Å²) in [5.41, 5.74) is 1.47. The minimum Gasteiger partial charge on any atom is -0.477 e. The number of cyclic esters (lactones) is 1. The Morgan fingerprint density at radius 2 is 2.05 bits per heavy atom. The van der Waals surface area contributed by atoms with Crippen LogP contribution in [0.1, 0.15) is 36.6 Å². The van der Waals surface area contributed by atoms with E-state index in [0.29, 0.717) is 16.9 Å². The van der Waals surface area contributed by atoms with Gasteiger partial charge >= 0.3 is 11.9 Å². The number of hydrogen-bond acceptors (Lipinski definition) is 4. The molecule has 1 atom stereocenters. The molecule has 1 N–H and O–H groups in total. The molecule has 96 valence electrons. The van der Waals surface area contributed by atoms with E-state index in [-0.39, 0.29) is 12.1 Å². The smallest absolute Gasteiger partial charge is 0.345 e. The Morgan fingerprint density at radius 3 is 2.79 bits per heavy atom. The molecule has 2 heterocycles. The summed E-state index contributed by atoms with van der Waals surface area (Å²) in [6.45, 7) is 0. The Labute approximate surface area is 113 Å². The molecular formula is C14H10O4S. The SMILES string of the molecule is O=C(O)c1ccc(CC2OC(=O)c3ccccc32)s1. The molecule has 1 aromatic heterocycles. The molecule has 4 nitrogen and oxygen atoms in total. The average Bonchev–Trinajstić information content (AvgIpc) is 2.97. The van der Waals surface area contributed by atoms with Crippen LogP contribution in [0.2, 0.25) is 0 Å². The fourth-order valence-electron chi connectivity index (χ4n) is 2.16. The van der Waals surface area contributed by atoms with Crippen molar-refractivity contribution in [3.63, 3.8) is 0 Å². The van der Waals surface area contributed by atoms with E-state index in [2.05, 4.69) is 0 Å². The second-order valence-electron chi connectivity index (χ2n) is 4.26. The zero-order valence-electron chi connectivity index (χ0n) is 9.83. The lowest BCUT2D eigenvalue weighted by molar-refractivity contribution is 0.0388. The van der Waals surface area contributed by atoms with Crippen molar-refractivity contribution < 1.29 is 19.4 Å². The first-order valence-corrected chi connectivity index (χ1v) is 6.58. The van der Waals surface area contributed by atoms with E-state index in [1.165, 1.54) is 11.3 Å². The van der Waals surface area contributed by atoms with Crippen LogP contribution in [0.25, 0.3) is 0 Å². The summed E-state index contributed by atoms with van der Waals surface area (Å²) in [5.74, 6) is -1.24. The van der Waals surface area contributed by atoms with Crippen LogP contribution in [-0.4, -0.2) is 17.0 Å². The van der Waals surface area contributed by atoms with Crippen molar-refractivity contribution in [1.29, 1.82) is 0 Å². The molecule has 1 aliphatic heterocycles. The number of rotatable bonds is 3. The summed E-state index contributed by atoms with van der Waals surface area (Å²) in [4.78, 5) is 23.7. The third kappa shape index (κ3) is 2.13. The lowest BCUT2D eigenvalue weighted by atomic mass is 10.0. The zero-order valence-corrected chi connectivity index (χ0v) is 10.6. The molecule has 0 saturated carbocycles. The molecule has 0 fully saturated rings. The number of hydrogen-bond donors (Lipinski definition) is 1. The fourth-order valence-corrected chi connectivity index (χ4v) is 3.03. The number of carbonyl (C=O) groups excluding carboxylic acids is 1. The maximum absolute atomic E-state index is 11.7. The Kier molecular flexibility index (Phi) is 2.83. The lowest BCUT2D eigenvalue weighted by Gasteiger charge is -2.08. The van der Waals surface area contributed by atoms with Gasteiger partial charge in [-0.3, -0.25) is 0 Å². The number of thiophene rings is 1. The van der Waals surface area contributed by atoms with Gasteiger partial charge in [0.2, 0.25) is 0 Å². The molecule has 0 saturated heterocycles. The molecule has 1 aromatic carbocycles. The summed E-state index contributed by atoms with van der Waals surface area (Å²) in [6, 6.07) is 10.6. The normalized spacial score (nSPS) is 17.1. The van der Waals surface area contributed by atoms with Crippen molar-refractivity contribution in [3.8, 4) is 0 Å². The number of ether oxygens (including phenoxy) is 1. The first-order chi connectivity index (χ1) is 9.15. The Morgan fingerprint density at radius 1 is 1.26 bits per heavy atom. The van der Waals surface area contributed by atoms with E-state index in [0.717, 1.165) is 10.4 Å². The van der Waals surface area contributed by atoms with Gasteiger partial charge in [0, 0.05) is 16.9 Å². The van der Waals surface area contributed by atoms with E-state index >= 15 is 0 Å². The van der Waals surface area contributed by atoms with E-state index in [1.807, 2.05) is 12.1 Å². The van der Waals surface area contributed by atoms with E-state index < -0.39 is 5.97 Å². The van der Waals surface area contributed by atoms with Gasteiger partial charge in [0.05, 0.1) is 5.56 Å². The number of aromatic carboxylic acids is 1. The second kappa shape index (κ2) is 4.51. The molecule has 0 radical (unpaired) electrons. The molecule has 0 bridgehead atoms. The van der Waals surface area contributed by atoms with Crippen molar-refractivity contribution in [2.24, 2.45) is 0 Å². The van der Waals surface area contributed by atoms with Crippen LogP contribution in [-0.2, 0) is 11.2 Å². The van der Waals surface area contributed by atoms with Gasteiger partial charge in [0.25, 0.3) is 0 Å². The minimum atomic E-state index is -0.930. The highest BCUT2D eigenvalue weighted by atomic mass is 32.1. The molecule has 0 amide bonds. The molecule has 3 rings (SSSR count). The maximum Gasteiger partial charge on any atom is 0.345 e. The van der Waals surface area contributed by atoms with E-state index in [1.54, 1.807) is 24.3 Å². The highest BCUT2D eigenvalue weighted by Crippen LogP contribution is 2.34. The van der Waals surface area contributed by atoms with Crippen LogP contribution in [0.4, 0.5) is 0 Å². The fraction of sp³-hybridized carbons (Fsp3) is 0.143. The number of carboxylic acid groups (broad SMARTS) is 1. The van der Waals surface area contributed by atoms with Crippen LogP contribution < -0.4 is 0 Å². The maximum atomic E-state index is 11.7. The summed E-state index contributed by atoms with van der Waals surface area (Å²) in [5, 5.41) is 8.88. The molecule has 1 unspecified atom stereocenters. The first kappa shape index (κ1) is 11.9. The third-order valence-corrected chi connectivity index (χ3v) is 4.13. The molecule has 5 heteroatoms. The Balaban J connectivity index is 1.85. The predicted octanol–water partition coefficient (Wildman–Crippen LogP) is 2.90. The van der Waals surface area contributed by atoms with Crippen LogP contribution in [0.15, 0.2) is 36.4 Å². The number of carbonyl (C=O) groups is 2. The average molecular weight is 274 g/mol. The molecule has 19 heavy (non-hydrogen) atoms. The number of carboxylic acids is 1. The summed E-state index contributed by atoms with van der Waals surface area (Å²) in [7, 11) is 0. The van der Waals surface area contributed by atoms with Crippen LogP contribution in [0.3, 0.4) is 0 Å². The Bertz CT molecular complexity index is 659. The predicted molar refractivity (Wildman–Crippen MR) is 69.6 cm³/mol. The number of esters is 1. The summed E-state index contributed by atoms with van der Waals surface area (Å²) >= 11 is 1.21. The van der Waals surface area contributed by atoms with E-state index in [4.69, 9.17) is 9.84 Å². The van der Waals surface area contributed by atoms with Gasteiger partial charge < -0.3 is 9.84 Å². The molecular weight excluding hydrogens is 264 g/mol. The van der Waals surface area contributed by atoms with Gasteiger partial charge in [0.1, 0.15) is 11.0 Å².